The van der Waals surface area contributed by atoms with Gasteiger partial charge in [-0.15, -0.1) is 0 Å². The van der Waals surface area contributed by atoms with Gasteiger partial charge in [-0.1, -0.05) is 11.6 Å². The Bertz CT molecular complexity index is 463. The minimum absolute atomic E-state index is 0.366. The summed E-state index contributed by atoms with van der Waals surface area (Å²) in [6.45, 7) is 8.49. The Kier molecular flexibility index (Phi) is 3.93. The normalized spacial score (nSPS) is 20.8. The molecule has 2 heterocycles. The molecule has 2 rings (SSSR count). The third kappa shape index (κ3) is 2.94. The van der Waals surface area contributed by atoms with Crippen LogP contribution in [0.4, 0.5) is 0 Å². The van der Waals surface area contributed by atoms with Crippen LogP contribution in [-0.4, -0.2) is 30.4 Å². The molecule has 0 atom stereocenters. The summed E-state index contributed by atoms with van der Waals surface area (Å²) in [6.07, 6.45) is 0. The van der Waals surface area contributed by atoms with Crippen LogP contribution in [0.3, 0.4) is 0 Å². The van der Waals surface area contributed by atoms with Gasteiger partial charge in [-0.3, -0.25) is 0 Å². The Morgan fingerprint density at radius 2 is 1.79 bits per heavy atom. The lowest BCUT2D eigenvalue weighted by Gasteiger charge is -2.32. The zero-order valence-corrected chi connectivity index (χ0v) is 12.7. The van der Waals surface area contributed by atoms with E-state index in [1.54, 1.807) is 13.2 Å². The molecule has 0 spiro atoms. The van der Waals surface area contributed by atoms with Gasteiger partial charge in [0.15, 0.2) is 0 Å². The molecule has 0 radical (unpaired) electrons. The minimum atomic E-state index is -0.430. The van der Waals surface area contributed by atoms with E-state index in [1.165, 1.54) is 0 Å². The summed E-state index contributed by atoms with van der Waals surface area (Å²) in [5.74, 6) is 0. The van der Waals surface area contributed by atoms with E-state index in [0.29, 0.717) is 11.8 Å². The Morgan fingerprint density at radius 1 is 1.21 bits per heavy atom. The Labute approximate surface area is 119 Å². The number of halogens is 1. The fourth-order valence-electron chi connectivity index (χ4n) is 1.91. The Morgan fingerprint density at radius 3 is 2.32 bits per heavy atom. The lowest BCUT2D eigenvalue weighted by molar-refractivity contribution is 0.00578. The second kappa shape index (κ2) is 5.06. The number of hydrogen-bond acceptors (Lipinski definition) is 4. The molecule has 0 aromatic carbocycles. The van der Waals surface area contributed by atoms with Gasteiger partial charge >= 0.3 is 7.12 Å². The summed E-state index contributed by atoms with van der Waals surface area (Å²) in [6, 6.07) is 3.67. The van der Waals surface area contributed by atoms with Crippen LogP contribution < -0.4 is 5.46 Å². The lowest BCUT2D eigenvalue weighted by atomic mass is 9.79. The molecule has 1 aromatic rings. The minimum Gasteiger partial charge on any atom is -0.399 e. The standard InChI is InChI=1S/C13H19BClNO3/c1-12(2)13(3,4)19-14(18-12)9-6-10(8-17-5)16-11(15)7-9/h6-7H,8H2,1-5H3. The number of nitrogens with zero attached hydrogens (tertiary/aromatic N) is 1. The van der Waals surface area contributed by atoms with Crippen molar-refractivity contribution >= 4 is 24.2 Å². The van der Waals surface area contributed by atoms with Gasteiger partial charge in [0.1, 0.15) is 5.15 Å². The number of pyridine rings is 1. The zero-order valence-electron chi connectivity index (χ0n) is 12.0. The number of aromatic nitrogens is 1. The summed E-state index contributed by atoms with van der Waals surface area (Å²) in [4.78, 5) is 4.20. The molecule has 0 unspecified atom stereocenters. The van der Waals surface area contributed by atoms with Crippen molar-refractivity contribution in [3.8, 4) is 0 Å². The molecule has 1 aliphatic rings. The Hall–Kier alpha value is -0.615. The van der Waals surface area contributed by atoms with E-state index in [2.05, 4.69) is 4.98 Å². The highest BCUT2D eigenvalue weighted by Gasteiger charge is 2.51. The largest absolute Gasteiger partial charge is 0.495 e. The topological polar surface area (TPSA) is 40.6 Å². The van der Waals surface area contributed by atoms with Gasteiger partial charge in [-0.25, -0.2) is 4.98 Å². The first-order chi connectivity index (χ1) is 8.75. The second-order valence-corrected chi connectivity index (χ2v) is 6.12. The van der Waals surface area contributed by atoms with Crippen molar-refractivity contribution in [2.45, 2.75) is 45.5 Å². The predicted molar refractivity (Wildman–Crippen MR) is 75.7 cm³/mol. The highest BCUT2D eigenvalue weighted by Crippen LogP contribution is 2.36. The third-order valence-corrected chi connectivity index (χ3v) is 3.88. The maximum atomic E-state index is 6.03. The van der Waals surface area contributed by atoms with Crippen LogP contribution in [0.15, 0.2) is 12.1 Å². The SMILES string of the molecule is COCc1cc(B2OC(C)(C)C(C)(C)O2)cc(Cl)n1. The number of hydrogen-bond donors (Lipinski definition) is 0. The van der Waals surface area contributed by atoms with Crippen LogP contribution in [0.1, 0.15) is 33.4 Å². The summed E-state index contributed by atoms with van der Waals surface area (Å²) < 4.78 is 17.1. The van der Waals surface area contributed by atoms with Gasteiger partial charge in [-0.2, -0.15) is 0 Å². The fourth-order valence-corrected chi connectivity index (χ4v) is 2.14. The molecule has 0 aliphatic carbocycles. The van der Waals surface area contributed by atoms with Crippen LogP contribution in [0.5, 0.6) is 0 Å². The molecule has 0 N–H and O–H groups in total. The molecule has 4 nitrogen and oxygen atoms in total. The highest BCUT2D eigenvalue weighted by atomic mass is 35.5. The fraction of sp³-hybridized carbons (Fsp3) is 0.615. The van der Waals surface area contributed by atoms with E-state index >= 15 is 0 Å². The zero-order chi connectivity index (χ0) is 14.3. The molecule has 6 heteroatoms. The van der Waals surface area contributed by atoms with Crippen molar-refractivity contribution in [3.05, 3.63) is 23.0 Å². The molecule has 0 saturated carbocycles. The van der Waals surface area contributed by atoms with Crippen LogP contribution in [0.2, 0.25) is 5.15 Å². The maximum absolute atomic E-state index is 6.03. The van der Waals surface area contributed by atoms with Crippen LogP contribution >= 0.6 is 11.6 Å². The average molecular weight is 284 g/mol. The lowest BCUT2D eigenvalue weighted by Crippen LogP contribution is -2.41. The predicted octanol–water partition coefficient (Wildman–Crippen LogP) is 2.18. The molecule has 0 bridgehead atoms. The smallest absolute Gasteiger partial charge is 0.399 e. The van der Waals surface area contributed by atoms with Crippen LogP contribution in [0.25, 0.3) is 0 Å². The molecule has 1 fully saturated rings. The quantitative estimate of drug-likeness (QED) is 0.630. The van der Waals surface area contributed by atoms with Gasteiger partial charge in [-0.05, 0) is 45.3 Å². The van der Waals surface area contributed by atoms with Gasteiger partial charge in [0.2, 0.25) is 0 Å². The highest BCUT2D eigenvalue weighted by molar-refractivity contribution is 6.62. The maximum Gasteiger partial charge on any atom is 0.495 e. The van der Waals surface area contributed by atoms with Crippen LogP contribution in [0, 0.1) is 0 Å². The molecule has 1 saturated heterocycles. The van der Waals surface area contributed by atoms with E-state index in [1.807, 2.05) is 33.8 Å². The Balaban J connectivity index is 2.29. The van der Waals surface area contributed by atoms with Crippen molar-refractivity contribution in [3.63, 3.8) is 0 Å². The first-order valence-corrected chi connectivity index (χ1v) is 6.64. The van der Waals surface area contributed by atoms with Crippen molar-refractivity contribution in [1.82, 2.24) is 4.98 Å². The molecule has 104 valence electrons. The first kappa shape index (κ1) is 14.8. The van der Waals surface area contributed by atoms with Crippen molar-refractivity contribution in [2.75, 3.05) is 7.11 Å². The van der Waals surface area contributed by atoms with E-state index in [0.717, 1.165) is 11.2 Å². The van der Waals surface area contributed by atoms with Crippen LogP contribution in [-0.2, 0) is 20.7 Å². The first-order valence-electron chi connectivity index (χ1n) is 6.26. The summed E-state index contributed by atoms with van der Waals surface area (Å²) in [5, 5.41) is 0.416. The molecule has 1 aromatic heterocycles. The third-order valence-electron chi connectivity index (χ3n) is 3.69. The second-order valence-electron chi connectivity index (χ2n) is 5.74. The van der Waals surface area contributed by atoms with Gasteiger partial charge in [0.25, 0.3) is 0 Å². The number of ether oxygens (including phenoxy) is 1. The molecule has 0 amide bonds. The summed E-state index contributed by atoms with van der Waals surface area (Å²) in [5.41, 5.74) is 0.898. The summed E-state index contributed by atoms with van der Waals surface area (Å²) >= 11 is 6.03. The van der Waals surface area contributed by atoms with E-state index in [-0.39, 0.29) is 11.2 Å². The van der Waals surface area contributed by atoms with Gasteiger partial charge in [0.05, 0.1) is 23.5 Å². The van der Waals surface area contributed by atoms with Gasteiger partial charge in [0, 0.05) is 7.11 Å². The van der Waals surface area contributed by atoms with Crippen molar-refractivity contribution in [1.29, 1.82) is 0 Å². The number of rotatable bonds is 3. The van der Waals surface area contributed by atoms with Gasteiger partial charge < -0.3 is 14.0 Å². The summed E-state index contributed by atoms with van der Waals surface area (Å²) in [7, 11) is 1.19. The molecule has 19 heavy (non-hydrogen) atoms. The molecular formula is C13H19BClNO3. The van der Waals surface area contributed by atoms with Crippen molar-refractivity contribution < 1.29 is 14.0 Å². The molecular weight excluding hydrogens is 264 g/mol. The molecule has 1 aliphatic heterocycles. The number of methoxy groups -OCH3 is 1. The van der Waals surface area contributed by atoms with E-state index in [9.17, 15) is 0 Å². The average Bonchev–Trinajstić information content (AvgIpc) is 2.48. The monoisotopic (exact) mass is 283 g/mol. The van der Waals surface area contributed by atoms with E-state index in [4.69, 9.17) is 25.6 Å². The van der Waals surface area contributed by atoms with Crippen molar-refractivity contribution in [2.24, 2.45) is 0 Å². The van der Waals surface area contributed by atoms with E-state index < -0.39 is 7.12 Å².